The molecule has 1 aliphatic rings. The first-order valence-corrected chi connectivity index (χ1v) is 7.29. The predicted molar refractivity (Wildman–Crippen MR) is 76.0 cm³/mol. The van der Waals surface area contributed by atoms with Crippen LogP contribution in [0.2, 0.25) is 5.28 Å². The van der Waals surface area contributed by atoms with Crippen molar-refractivity contribution in [1.29, 1.82) is 0 Å². The molecule has 102 valence electrons. The van der Waals surface area contributed by atoms with Gasteiger partial charge in [0.05, 0.1) is 36.1 Å². The van der Waals surface area contributed by atoms with E-state index in [9.17, 15) is 5.11 Å². The largest absolute Gasteiger partial charge is 0.391 e. The lowest BCUT2D eigenvalue weighted by Gasteiger charge is -2.34. The molecule has 2 aromatic heterocycles. The average molecular weight is 300 g/mol. The highest BCUT2D eigenvalue weighted by Crippen LogP contribution is 2.34. The molecule has 7 heteroatoms. The van der Waals surface area contributed by atoms with Gasteiger partial charge in [-0.25, -0.2) is 4.98 Å². The summed E-state index contributed by atoms with van der Waals surface area (Å²) < 4.78 is 6.42. The Morgan fingerprint density at radius 1 is 1.58 bits per heavy atom. The molecule has 19 heavy (non-hydrogen) atoms. The van der Waals surface area contributed by atoms with Crippen LogP contribution in [0.4, 0.5) is 5.82 Å². The van der Waals surface area contributed by atoms with Crippen LogP contribution in [0.1, 0.15) is 11.8 Å². The maximum Gasteiger partial charge on any atom is 0.224 e. The second-order valence-corrected chi connectivity index (χ2v) is 5.99. The number of hydrogen-bond acceptors (Lipinski definition) is 6. The Labute approximate surface area is 119 Å². The van der Waals surface area contributed by atoms with Crippen LogP contribution in [0.3, 0.4) is 0 Å². The van der Waals surface area contributed by atoms with Gasteiger partial charge in [-0.3, -0.25) is 0 Å². The van der Waals surface area contributed by atoms with Gasteiger partial charge < -0.3 is 14.7 Å². The average Bonchev–Trinajstić information content (AvgIpc) is 2.81. The van der Waals surface area contributed by atoms with Crippen molar-refractivity contribution >= 4 is 39.0 Å². The lowest BCUT2D eigenvalue weighted by Crippen LogP contribution is -2.44. The van der Waals surface area contributed by atoms with Gasteiger partial charge >= 0.3 is 0 Å². The molecule has 3 rings (SSSR count). The van der Waals surface area contributed by atoms with Crippen molar-refractivity contribution in [2.24, 2.45) is 0 Å². The normalized spacial score (nSPS) is 20.2. The first-order valence-electron chi connectivity index (χ1n) is 6.10. The molecule has 0 radical (unpaired) electrons. The van der Waals surface area contributed by atoms with Gasteiger partial charge in [0.25, 0.3) is 0 Å². The molecule has 0 aromatic carbocycles. The summed E-state index contributed by atoms with van der Waals surface area (Å²) in [7, 11) is 0. The summed E-state index contributed by atoms with van der Waals surface area (Å²) in [5, 5.41) is 9.50. The molecule has 0 saturated carbocycles. The molecule has 0 spiro atoms. The van der Waals surface area contributed by atoms with Gasteiger partial charge in [0.1, 0.15) is 0 Å². The number of thiophene rings is 1. The van der Waals surface area contributed by atoms with E-state index < -0.39 is 0 Å². The Kier molecular flexibility index (Phi) is 3.58. The summed E-state index contributed by atoms with van der Waals surface area (Å²) in [6, 6.07) is 2.12. The molecule has 1 unspecified atom stereocenters. The summed E-state index contributed by atoms with van der Waals surface area (Å²) in [6.45, 7) is 4.27. The Balaban J connectivity index is 2.12. The van der Waals surface area contributed by atoms with Crippen LogP contribution < -0.4 is 4.90 Å². The topological polar surface area (TPSA) is 58.5 Å². The van der Waals surface area contributed by atoms with E-state index in [1.165, 1.54) is 11.3 Å². The third kappa shape index (κ3) is 2.41. The Bertz CT molecular complexity index is 604. The van der Waals surface area contributed by atoms with Crippen LogP contribution >= 0.6 is 22.9 Å². The monoisotopic (exact) mass is 299 g/mol. The van der Waals surface area contributed by atoms with Gasteiger partial charge in [-0.15, -0.1) is 11.3 Å². The van der Waals surface area contributed by atoms with Crippen LogP contribution in [0.25, 0.3) is 10.2 Å². The van der Waals surface area contributed by atoms with Crippen molar-refractivity contribution in [1.82, 2.24) is 9.97 Å². The van der Waals surface area contributed by atoms with E-state index in [4.69, 9.17) is 16.3 Å². The fraction of sp³-hybridized carbons (Fsp3) is 0.500. The van der Waals surface area contributed by atoms with Crippen molar-refractivity contribution in [3.05, 3.63) is 16.2 Å². The standard InChI is InChI=1S/C12H14ClN3O2S/c1-7-6-18-3-2-16(7)11-10-9(14-12(13)15-11)4-8(5-17)19-10/h4,7,17H,2-3,5-6H2,1H3. The van der Waals surface area contributed by atoms with Crippen LogP contribution in [-0.4, -0.2) is 40.9 Å². The van der Waals surface area contributed by atoms with E-state index in [-0.39, 0.29) is 17.9 Å². The van der Waals surface area contributed by atoms with Crippen molar-refractivity contribution < 1.29 is 9.84 Å². The van der Waals surface area contributed by atoms with E-state index in [2.05, 4.69) is 21.8 Å². The second kappa shape index (κ2) is 5.20. The molecular weight excluding hydrogens is 286 g/mol. The first-order chi connectivity index (χ1) is 9.19. The summed E-state index contributed by atoms with van der Waals surface area (Å²) in [4.78, 5) is 11.7. The van der Waals surface area contributed by atoms with Gasteiger partial charge in [-0.1, -0.05) is 0 Å². The highest BCUT2D eigenvalue weighted by atomic mass is 35.5. The summed E-state index contributed by atoms with van der Waals surface area (Å²) in [5.74, 6) is 0.843. The van der Waals surface area contributed by atoms with Gasteiger partial charge in [-0.2, -0.15) is 4.98 Å². The first kappa shape index (κ1) is 13.1. The zero-order chi connectivity index (χ0) is 13.4. The highest BCUT2D eigenvalue weighted by molar-refractivity contribution is 7.19. The minimum absolute atomic E-state index is 0.0107. The van der Waals surface area contributed by atoms with E-state index >= 15 is 0 Å². The van der Waals surface area contributed by atoms with E-state index in [0.717, 1.165) is 27.5 Å². The number of halogens is 1. The molecule has 2 aromatic rings. The molecule has 0 bridgehead atoms. The van der Waals surface area contributed by atoms with E-state index in [1.807, 2.05) is 6.07 Å². The predicted octanol–water partition coefficient (Wildman–Crippen LogP) is 2.06. The number of nitrogens with zero attached hydrogens (tertiary/aromatic N) is 3. The molecule has 0 aliphatic carbocycles. The fourth-order valence-corrected chi connectivity index (χ4v) is 3.38. The molecule has 1 fully saturated rings. The smallest absolute Gasteiger partial charge is 0.224 e. The van der Waals surface area contributed by atoms with Crippen LogP contribution in [0.15, 0.2) is 6.07 Å². The maximum absolute atomic E-state index is 9.26. The number of fused-ring (bicyclic) bond motifs is 1. The molecule has 3 heterocycles. The number of morpholine rings is 1. The van der Waals surface area contributed by atoms with Gasteiger partial charge in [0.15, 0.2) is 5.82 Å². The summed E-state index contributed by atoms with van der Waals surface area (Å²) >= 11 is 7.52. The summed E-state index contributed by atoms with van der Waals surface area (Å²) in [6.07, 6.45) is 0. The van der Waals surface area contributed by atoms with Crippen molar-refractivity contribution in [2.75, 3.05) is 24.7 Å². The summed E-state index contributed by atoms with van der Waals surface area (Å²) in [5.41, 5.74) is 0.794. The molecule has 1 N–H and O–H groups in total. The SMILES string of the molecule is CC1COCCN1c1nc(Cl)nc2cc(CO)sc12. The molecule has 5 nitrogen and oxygen atoms in total. The second-order valence-electron chi connectivity index (χ2n) is 4.52. The highest BCUT2D eigenvalue weighted by Gasteiger charge is 2.24. The number of hydrogen-bond donors (Lipinski definition) is 1. The van der Waals surface area contributed by atoms with Gasteiger partial charge in [0, 0.05) is 11.4 Å². The zero-order valence-electron chi connectivity index (χ0n) is 10.5. The number of anilines is 1. The van der Waals surface area contributed by atoms with Gasteiger partial charge in [0.2, 0.25) is 5.28 Å². The minimum atomic E-state index is 0.0107. The Hall–Kier alpha value is -0.950. The molecular formula is C12H14ClN3O2S. The number of aromatic nitrogens is 2. The molecule has 0 amide bonds. The number of ether oxygens (including phenoxy) is 1. The quantitative estimate of drug-likeness (QED) is 0.860. The van der Waals surface area contributed by atoms with Gasteiger partial charge in [-0.05, 0) is 24.6 Å². The molecule has 1 atom stereocenters. The van der Waals surface area contributed by atoms with Crippen LogP contribution in [-0.2, 0) is 11.3 Å². The number of aliphatic hydroxyl groups is 1. The van der Waals surface area contributed by atoms with E-state index in [0.29, 0.717) is 13.2 Å². The maximum atomic E-state index is 9.26. The number of rotatable bonds is 2. The zero-order valence-corrected chi connectivity index (χ0v) is 12.0. The number of aliphatic hydroxyl groups excluding tert-OH is 1. The van der Waals surface area contributed by atoms with Crippen molar-refractivity contribution in [3.8, 4) is 0 Å². The van der Waals surface area contributed by atoms with E-state index in [1.54, 1.807) is 0 Å². The van der Waals surface area contributed by atoms with Crippen LogP contribution in [0.5, 0.6) is 0 Å². The lowest BCUT2D eigenvalue weighted by molar-refractivity contribution is 0.0987. The molecule has 1 saturated heterocycles. The Morgan fingerprint density at radius 3 is 3.16 bits per heavy atom. The minimum Gasteiger partial charge on any atom is -0.391 e. The van der Waals surface area contributed by atoms with Crippen molar-refractivity contribution in [2.45, 2.75) is 19.6 Å². The lowest BCUT2D eigenvalue weighted by atomic mass is 10.2. The third-order valence-corrected chi connectivity index (χ3v) is 4.45. The fourth-order valence-electron chi connectivity index (χ4n) is 2.25. The van der Waals surface area contributed by atoms with Crippen molar-refractivity contribution in [3.63, 3.8) is 0 Å². The molecule has 1 aliphatic heterocycles. The third-order valence-electron chi connectivity index (χ3n) is 3.17. The Morgan fingerprint density at radius 2 is 2.42 bits per heavy atom. The van der Waals surface area contributed by atoms with Crippen LogP contribution in [0, 0.1) is 0 Å².